The first-order valence-electron chi connectivity index (χ1n) is 7.23. The molecule has 0 bridgehead atoms. The van der Waals surface area contributed by atoms with Crippen molar-refractivity contribution < 1.29 is 4.74 Å². The maximum absolute atomic E-state index is 12.1. The molecule has 1 aromatic heterocycles. The smallest absolute Gasteiger partial charge is 0.287 e. The second-order valence-electron chi connectivity index (χ2n) is 5.93. The molecule has 0 spiro atoms. The van der Waals surface area contributed by atoms with Gasteiger partial charge in [-0.15, -0.1) is 0 Å². The predicted molar refractivity (Wildman–Crippen MR) is 78.4 cm³/mol. The highest BCUT2D eigenvalue weighted by atomic mass is 35.5. The van der Waals surface area contributed by atoms with E-state index in [2.05, 4.69) is 10.4 Å². The zero-order valence-electron chi connectivity index (χ0n) is 11.8. The van der Waals surface area contributed by atoms with E-state index < -0.39 is 0 Å². The van der Waals surface area contributed by atoms with Gasteiger partial charge in [0.2, 0.25) is 0 Å². The third kappa shape index (κ3) is 2.56. The van der Waals surface area contributed by atoms with E-state index in [0.717, 1.165) is 13.0 Å². The van der Waals surface area contributed by atoms with Gasteiger partial charge in [0, 0.05) is 6.61 Å². The van der Waals surface area contributed by atoms with Gasteiger partial charge in [-0.3, -0.25) is 4.79 Å². The van der Waals surface area contributed by atoms with Gasteiger partial charge in [-0.2, -0.15) is 5.10 Å². The Morgan fingerprint density at radius 1 is 1.45 bits per heavy atom. The van der Waals surface area contributed by atoms with Gasteiger partial charge in [0.15, 0.2) is 0 Å². The predicted octanol–water partition coefficient (Wildman–Crippen LogP) is 2.46. The molecule has 1 saturated carbocycles. The number of hydrogen-bond donors (Lipinski definition) is 1. The highest BCUT2D eigenvalue weighted by Crippen LogP contribution is 2.39. The standard InChI is InChI=1S/C14H20ClN3O2/c1-8(2)18-14(19)12(15)11(7-16-18)17-10-5-6-20-13(10)9-3-4-9/h7-10,13,17H,3-6H2,1-2H3. The van der Waals surface area contributed by atoms with Crippen LogP contribution in [0.25, 0.3) is 0 Å². The third-order valence-corrected chi connectivity index (χ3v) is 4.36. The molecule has 2 fully saturated rings. The fourth-order valence-electron chi connectivity index (χ4n) is 2.77. The van der Waals surface area contributed by atoms with Crippen molar-refractivity contribution in [2.75, 3.05) is 11.9 Å². The molecule has 1 aliphatic heterocycles. The molecule has 3 rings (SSSR count). The maximum atomic E-state index is 12.1. The summed E-state index contributed by atoms with van der Waals surface area (Å²) in [5.41, 5.74) is 0.378. The lowest BCUT2D eigenvalue weighted by molar-refractivity contribution is 0.0898. The van der Waals surface area contributed by atoms with E-state index in [1.807, 2.05) is 13.8 Å². The molecular weight excluding hydrogens is 278 g/mol. The van der Waals surface area contributed by atoms with Crippen molar-refractivity contribution in [2.24, 2.45) is 5.92 Å². The monoisotopic (exact) mass is 297 g/mol. The number of hydrogen-bond acceptors (Lipinski definition) is 4. The summed E-state index contributed by atoms with van der Waals surface area (Å²) in [4.78, 5) is 12.1. The van der Waals surface area contributed by atoms with E-state index in [1.54, 1.807) is 6.20 Å². The van der Waals surface area contributed by atoms with Crippen LogP contribution in [0.4, 0.5) is 5.69 Å². The number of nitrogens with zero attached hydrogens (tertiary/aromatic N) is 2. The SMILES string of the molecule is CC(C)n1ncc(NC2CCOC2C2CC2)c(Cl)c1=O. The molecule has 20 heavy (non-hydrogen) atoms. The Morgan fingerprint density at radius 3 is 2.85 bits per heavy atom. The molecule has 1 aliphatic carbocycles. The second kappa shape index (κ2) is 5.37. The number of anilines is 1. The normalized spacial score (nSPS) is 26.2. The minimum absolute atomic E-state index is 0.00285. The molecule has 1 saturated heterocycles. The largest absolute Gasteiger partial charge is 0.377 e. The molecule has 2 atom stereocenters. The molecule has 110 valence electrons. The van der Waals surface area contributed by atoms with E-state index in [0.29, 0.717) is 11.6 Å². The summed E-state index contributed by atoms with van der Waals surface area (Å²) < 4.78 is 7.18. The fourth-order valence-corrected chi connectivity index (χ4v) is 2.96. The van der Waals surface area contributed by atoms with Gasteiger partial charge < -0.3 is 10.1 Å². The highest BCUT2D eigenvalue weighted by molar-refractivity contribution is 6.32. The Bertz CT molecular complexity index is 554. The second-order valence-corrected chi connectivity index (χ2v) is 6.31. The average Bonchev–Trinajstić information content (AvgIpc) is 3.15. The topological polar surface area (TPSA) is 56.1 Å². The zero-order chi connectivity index (χ0) is 14.3. The van der Waals surface area contributed by atoms with Crippen LogP contribution in [-0.4, -0.2) is 28.5 Å². The van der Waals surface area contributed by atoms with Gasteiger partial charge >= 0.3 is 0 Å². The molecule has 1 aromatic rings. The Hall–Kier alpha value is -1.07. The first-order valence-corrected chi connectivity index (χ1v) is 7.61. The quantitative estimate of drug-likeness (QED) is 0.927. The van der Waals surface area contributed by atoms with Crippen LogP contribution in [0.5, 0.6) is 0 Å². The molecule has 6 heteroatoms. The van der Waals surface area contributed by atoms with Crippen LogP contribution in [-0.2, 0) is 4.74 Å². The Labute approximate surface area is 123 Å². The molecular formula is C14H20ClN3O2. The number of nitrogens with one attached hydrogen (secondary N) is 1. The van der Waals surface area contributed by atoms with E-state index in [9.17, 15) is 4.79 Å². The van der Waals surface area contributed by atoms with Gasteiger partial charge in [0.1, 0.15) is 5.02 Å². The van der Waals surface area contributed by atoms with Crippen molar-refractivity contribution in [1.82, 2.24) is 9.78 Å². The molecule has 2 heterocycles. The minimum atomic E-state index is -0.242. The lowest BCUT2D eigenvalue weighted by atomic mass is 10.1. The van der Waals surface area contributed by atoms with Gasteiger partial charge in [-0.1, -0.05) is 11.6 Å². The summed E-state index contributed by atoms with van der Waals surface area (Å²) in [6, 6.07) is 0.235. The van der Waals surface area contributed by atoms with Gasteiger partial charge in [-0.05, 0) is 39.0 Å². The third-order valence-electron chi connectivity index (χ3n) is 4.00. The van der Waals surface area contributed by atoms with Crippen molar-refractivity contribution in [3.05, 3.63) is 21.6 Å². The van der Waals surface area contributed by atoms with Crippen molar-refractivity contribution in [3.8, 4) is 0 Å². The summed E-state index contributed by atoms with van der Waals surface area (Å²) in [7, 11) is 0. The summed E-state index contributed by atoms with van der Waals surface area (Å²) >= 11 is 6.19. The van der Waals surface area contributed by atoms with Crippen molar-refractivity contribution in [3.63, 3.8) is 0 Å². The summed E-state index contributed by atoms with van der Waals surface area (Å²) in [5.74, 6) is 0.665. The summed E-state index contributed by atoms with van der Waals surface area (Å²) in [6.07, 6.45) is 5.32. The first-order chi connectivity index (χ1) is 9.58. The van der Waals surface area contributed by atoms with Crippen LogP contribution in [0, 0.1) is 5.92 Å². The van der Waals surface area contributed by atoms with Gasteiger partial charge in [0.25, 0.3) is 5.56 Å². The van der Waals surface area contributed by atoms with Crippen molar-refractivity contribution in [1.29, 1.82) is 0 Å². The maximum Gasteiger partial charge on any atom is 0.287 e. The fraction of sp³-hybridized carbons (Fsp3) is 0.714. The van der Waals surface area contributed by atoms with E-state index in [1.165, 1.54) is 17.5 Å². The molecule has 2 unspecified atom stereocenters. The van der Waals surface area contributed by atoms with Crippen LogP contribution in [0.2, 0.25) is 5.02 Å². The zero-order valence-corrected chi connectivity index (χ0v) is 12.6. The molecule has 0 aromatic carbocycles. The van der Waals surface area contributed by atoms with Crippen molar-refractivity contribution >= 4 is 17.3 Å². The highest BCUT2D eigenvalue weighted by Gasteiger charge is 2.40. The Balaban J connectivity index is 1.80. The minimum Gasteiger partial charge on any atom is -0.377 e. The summed E-state index contributed by atoms with van der Waals surface area (Å²) in [6.45, 7) is 4.59. The number of rotatable bonds is 4. The van der Waals surface area contributed by atoms with Crippen LogP contribution >= 0.6 is 11.6 Å². The lowest BCUT2D eigenvalue weighted by Crippen LogP contribution is -2.33. The van der Waals surface area contributed by atoms with Crippen LogP contribution < -0.4 is 10.9 Å². The number of halogens is 1. The van der Waals surface area contributed by atoms with Gasteiger partial charge in [0.05, 0.1) is 30.1 Å². The Morgan fingerprint density at radius 2 is 2.20 bits per heavy atom. The molecule has 0 amide bonds. The van der Waals surface area contributed by atoms with Crippen LogP contribution in [0.1, 0.15) is 39.2 Å². The van der Waals surface area contributed by atoms with E-state index in [-0.39, 0.29) is 28.8 Å². The van der Waals surface area contributed by atoms with Crippen LogP contribution in [0.15, 0.2) is 11.0 Å². The van der Waals surface area contributed by atoms with E-state index in [4.69, 9.17) is 16.3 Å². The molecule has 5 nitrogen and oxygen atoms in total. The summed E-state index contributed by atoms with van der Waals surface area (Å²) in [5, 5.41) is 7.76. The average molecular weight is 298 g/mol. The van der Waals surface area contributed by atoms with Crippen LogP contribution in [0.3, 0.4) is 0 Å². The molecule has 2 aliphatic rings. The number of ether oxygens (including phenoxy) is 1. The Kier molecular flexibility index (Phi) is 3.73. The van der Waals surface area contributed by atoms with E-state index >= 15 is 0 Å². The molecule has 0 radical (unpaired) electrons. The van der Waals surface area contributed by atoms with Crippen molar-refractivity contribution in [2.45, 2.75) is 51.3 Å². The first kappa shape index (κ1) is 13.9. The lowest BCUT2D eigenvalue weighted by Gasteiger charge is -2.21. The number of aromatic nitrogens is 2. The molecule has 1 N–H and O–H groups in total. The van der Waals surface area contributed by atoms with Gasteiger partial charge in [-0.25, -0.2) is 4.68 Å².